The van der Waals surface area contributed by atoms with Gasteiger partial charge in [-0.2, -0.15) is 0 Å². The van der Waals surface area contributed by atoms with Gasteiger partial charge in [0.05, 0.1) is 25.0 Å². The zero-order valence-corrected chi connectivity index (χ0v) is 15.0. The minimum atomic E-state index is 0.106. The van der Waals surface area contributed by atoms with Gasteiger partial charge in [0.2, 0.25) is 0 Å². The fourth-order valence-electron chi connectivity index (χ4n) is 3.36. The monoisotopic (exact) mass is 341 g/mol. The molecule has 25 heavy (non-hydrogen) atoms. The molecule has 2 aromatic rings. The molecule has 5 heteroatoms. The molecule has 1 aliphatic heterocycles. The van der Waals surface area contributed by atoms with Crippen LogP contribution in [0.2, 0.25) is 0 Å². The van der Waals surface area contributed by atoms with Gasteiger partial charge in [-0.1, -0.05) is 18.2 Å². The predicted molar refractivity (Wildman–Crippen MR) is 101 cm³/mol. The molecule has 0 amide bonds. The summed E-state index contributed by atoms with van der Waals surface area (Å²) in [5, 5.41) is 12.7. The minimum absolute atomic E-state index is 0.106. The lowest BCUT2D eigenvalue weighted by Crippen LogP contribution is -2.34. The lowest BCUT2D eigenvalue weighted by molar-refractivity contribution is 0.203. The van der Waals surface area contributed by atoms with E-state index in [1.165, 1.54) is 0 Å². The molecule has 1 atom stereocenters. The molecule has 5 nitrogen and oxygen atoms in total. The third kappa shape index (κ3) is 4.23. The van der Waals surface area contributed by atoms with Crippen molar-refractivity contribution < 1.29 is 9.84 Å². The van der Waals surface area contributed by atoms with Crippen molar-refractivity contribution in [1.82, 2.24) is 4.98 Å². The Morgan fingerprint density at radius 2 is 2.00 bits per heavy atom. The number of ether oxygens (including phenoxy) is 1. The van der Waals surface area contributed by atoms with Crippen LogP contribution in [0.15, 0.2) is 42.6 Å². The summed E-state index contributed by atoms with van der Waals surface area (Å²) >= 11 is 0. The quantitative estimate of drug-likeness (QED) is 0.842. The Bertz CT molecular complexity index is 667. The first-order valence-electron chi connectivity index (χ1n) is 8.92. The Kier molecular flexibility index (Phi) is 5.76. The third-order valence-electron chi connectivity index (χ3n) is 4.96. The molecule has 2 N–H and O–H groups in total. The molecular formula is C20H27N3O2. The Hall–Kier alpha value is -2.27. The van der Waals surface area contributed by atoms with Gasteiger partial charge in [0.1, 0.15) is 11.6 Å². The topological polar surface area (TPSA) is 57.6 Å². The Morgan fingerprint density at radius 3 is 2.64 bits per heavy atom. The van der Waals surface area contributed by atoms with Crippen LogP contribution in [-0.2, 0) is 0 Å². The maximum atomic E-state index is 9.25. The molecule has 2 heterocycles. The second-order valence-corrected chi connectivity index (χ2v) is 6.62. The van der Waals surface area contributed by atoms with E-state index in [-0.39, 0.29) is 6.04 Å². The number of aromatic nitrogens is 1. The highest BCUT2D eigenvalue weighted by Crippen LogP contribution is 2.28. The van der Waals surface area contributed by atoms with Crippen LogP contribution in [-0.4, -0.2) is 36.9 Å². The molecule has 0 bridgehead atoms. The van der Waals surface area contributed by atoms with Crippen LogP contribution >= 0.6 is 0 Å². The number of piperidine rings is 1. The first-order chi connectivity index (χ1) is 12.2. The summed E-state index contributed by atoms with van der Waals surface area (Å²) in [5.74, 6) is 2.19. The van der Waals surface area contributed by atoms with E-state index >= 15 is 0 Å². The highest BCUT2D eigenvalue weighted by atomic mass is 16.5. The van der Waals surface area contributed by atoms with E-state index in [0.29, 0.717) is 12.5 Å². The smallest absolute Gasteiger partial charge is 0.126 e. The zero-order chi connectivity index (χ0) is 17.6. The van der Waals surface area contributed by atoms with Gasteiger partial charge in [-0.3, -0.25) is 0 Å². The number of aliphatic hydroxyl groups excluding tert-OH is 1. The molecule has 1 saturated heterocycles. The first kappa shape index (κ1) is 17.5. The molecule has 0 radical (unpaired) electrons. The maximum absolute atomic E-state index is 9.25. The van der Waals surface area contributed by atoms with Crippen LogP contribution in [0.3, 0.4) is 0 Å². The SMILES string of the molecule is COc1ccccc1C(C)Nc1ccc(N2CCC(CO)CC2)cn1. The van der Waals surface area contributed by atoms with Crippen molar-refractivity contribution in [1.29, 1.82) is 0 Å². The molecule has 1 unspecified atom stereocenters. The number of anilines is 2. The largest absolute Gasteiger partial charge is 0.496 e. The van der Waals surface area contributed by atoms with Gasteiger partial charge in [-0.05, 0) is 43.9 Å². The summed E-state index contributed by atoms with van der Waals surface area (Å²) in [4.78, 5) is 6.91. The summed E-state index contributed by atoms with van der Waals surface area (Å²) < 4.78 is 5.44. The van der Waals surface area contributed by atoms with Crippen LogP contribution < -0.4 is 15.0 Å². The Balaban J connectivity index is 1.63. The van der Waals surface area contributed by atoms with Crippen molar-refractivity contribution in [3.63, 3.8) is 0 Å². The molecule has 0 saturated carbocycles. The number of aliphatic hydroxyl groups is 1. The maximum Gasteiger partial charge on any atom is 0.126 e. The number of hydrogen-bond acceptors (Lipinski definition) is 5. The van der Waals surface area contributed by atoms with Crippen LogP contribution in [0.4, 0.5) is 11.5 Å². The summed E-state index contributed by atoms with van der Waals surface area (Å²) in [5.41, 5.74) is 2.26. The Morgan fingerprint density at radius 1 is 1.24 bits per heavy atom. The van der Waals surface area contributed by atoms with Crippen molar-refractivity contribution >= 4 is 11.5 Å². The first-order valence-corrected chi connectivity index (χ1v) is 8.92. The molecule has 1 aliphatic rings. The number of rotatable bonds is 6. The molecular weight excluding hydrogens is 314 g/mol. The normalized spacial score (nSPS) is 16.5. The fraction of sp³-hybridized carbons (Fsp3) is 0.450. The number of para-hydroxylation sites is 1. The predicted octanol–water partition coefficient (Wildman–Crippen LogP) is 3.47. The number of nitrogens with one attached hydrogen (secondary N) is 1. The third-order valence-corrected chi connectivity index (χ3v) is 4.96. The number of hydrogen-bond donors (Lipinski definition) is 2. The fourth-order valence-corrected chi connectivity index (χ4v) is 3.36. The second kappa shape index (κ2) is 8.21. The molecule has 1 fully saturated rings. The summed E-state index contributed by atoms with van der Waals surface area (Å²) in [6.07, 6.45) is 4.01. The molecule has 0 aliphatic carbocycles. The zero-order valence-electron chi connectivity index (χ0n) is 15.0. The molecule has 0 spiro atoms. The molecule has 134 valence electrons. The average Bonchev–Trinajstić information content (AvgIpc) is 2.68. The van der Waals surface area contributed by atoms with Gasteiger partial charge in [0.25, 0.3) is 0 Å². The molecule has 1 aromatic carbocycles. The van der Waals surface area contributed by atoms with Crippen LogP contribution in [0.25, 0.3) is 0 Å². The van der Waals surface area contributed by atoms with Crippen molar-refractivity contribution in [2.24, 2.45) is 5.92 Å². The van der Waals surface area contributed by atoms with Gasteiger partial charge >= 0.3 is 0 Å². The summed E-state index contributed by atoms with van der Waals surface area (Å²) in [6, 6.07) is 12.3. The standard InChI is InChI=1S/C20H27N3O2/c1-15(18-5-3-4-6-19(18)25-2)22-20-8-7-17(13-21-20)23-11-9-16(14-24)10-12-23/h3-8,13,15-16,24H,9-12,14H2,1-2H3,(H,21,22). The van der Waals surface area contributed by atoms with E-state index in [1.807, 2.05) is 30.5 Å². The van der Waals surface area contributed by atoms with Crippen LogP contribution in [0.5, 0.6) is 5.75 Å². The number of pyridine rings is 1. The summed E-state index contributed by atoms with van der Waals surface area (Å²) in [7, 11) is 1.69. The lowest BCUT2D eigenvalue weighted by Gasteiger charge is -2.32. The lowest BCUT2D eigenvalue weighted by atomic mass is 9.98. The molecule has 3 rings (SSSR count). The van der Waals surface area contributed by atoms with E-state index in [9.17, 15) is 5.11 Å². The van der Waals surface area contributed by atoms with E-state index < -0.39 is 0 Å². The van der Waals surface area contributed by atoms with Gasteiger partial charge < -0.3 is 20.1 Å². The van der Waals surface area contributed by atoms with Gasteiger partial charge in [0, 0.05) is 25.3 Å². The van der Waals surface area contributed by atoms with E-state index in [2.05, 4.69) is 34.3 Å². The average molecular weight is 341 g/mol. The number of benzene rings is 1. The minimum Gasteiger partial charge on any atom is -0.496 e. The van der Waals surface area contributed by atoms with Gasteiger partial charge in [0.15, 0.2) is 0 Å². The van der Waals surface area contributed by atoms with Crippen molar-refractivity contribution in [2.75, 3.05) is 37.0 Å². The number of nitrogens with zero attached hydrogens (tertiary/aromatic N) is 2. The number of methoxy groups -OCH3 is 1. The highest BCUT2D eigenvalue weighted by Gasteiger charge is 2.19. The second-order valence-electron chi connectivity index (χ2n) is 6.62. The van der Waals surface area contributed by atoms with E-state index in [4.69, 9.17) is 4.74 Å². The van der Waals surface area contributed by atoms with E-state index in [0.717, 1.165) is 48.7 Å². The van der Waals surface area contributed by atoms with E-state index in [1.54, 1.807) is 7.11 Å². The van der Waals surface area contributed by atoms with Gasteiger partial charge in [-0.15, -0.1) is 0 Å². The molecule has 1 aromatic heterocycles. The van der Waals surface area contributed by atoms with Crippen LogP contribution in [0, 0.1) is 5.92 Å². The Labute approximate surface area is 149 Å². The summed E-state index contributed by atoms with van der Waals surface area (Å²) in [6.45, 7) is 4.37. The van der Waals surface area contributed by atoms with Gasteiger partial charge in [-0.25, -0.2) is 4.98 Å². The van der Waals surface area contributed by atoms with Crippen molar-refractivity contribution in [3.05, 3.63) is 48.2 Å². The van der Waals surface area contributed by atoms with Crippen LogP contribution in [0.1, 0.15) is 31.4 Å². The highest BCUT2D eigenvalue weighted by molar-refractivity contribution is 5.51. The van der Waals surface area contributed by atoms with Crippen molar-refractivity contribution in [2.45, 2.75) is 25.8 Å². The van der Waals surface area contributed by atoms with Crippen molar-refractivity contribution in [3.8, 4) is 5.75 Å².